The molecule has 140 valence electrons. The van der Waals surface area contributed by atoms with Gasteiger partial charge in [0, 0.05) is 23.7 Å². The van der Waals surface area contributed by atoms with Gasteiger partial charge in [-0.15, -0.1) is 0 Å². The second-order valence-electron chi connectivity index (χ2n) is 5.73. The molecule has 1 aromatic carbocycles. The molecule has 11 heteroatoms. The van der Waals surface area contributed by atoms with Gasteiger partial charge < -0.3 is 10.8 Å². The van der Waals surface area contributed by atoms with Gasteiger partial charge in [0.1, 0.15) is 11.9 Å². The van der Waals surface area contributed by atoms with E-state index >= 15 is 0 Å². The SMILES string of the molecule is Nc1ncccc1-c1ccc(S(=O)(=O)C(F)(F)F)c2c1CC(F)(F)[C@H]2O. The molecule has 0 spiro atoms. The highest BCUT2D eigenvalue weighted by molar-refractivity contribution is 7.92. The Morgan fingerprint density at radius 2 is 1.85 bits per heavy atom. The third kappa shape index (κ3) is 2.62. The minimum absolute atomic E-state index is 0.0112. The number of nitrogens with two attached hydrogens (primary N) is 1. The molecule has 1 aliphatic carbocycles. The molecule has 0 aliphatic heterocycles. The van der Waals surface area contributed by atoms with Crippen LogP contribution in [0.25, 0.3) is 11.1 Å². The van der Waals surface area contributed by atoms with E-state index in [1.165, 1.54) is 18.3 Å². The number of aliphatic hydroxyl groups excluding tert-OH is 1. The van der Waals surface area contributed by atoms with Gasteiger partial charge in [-0.3, -0.25) is 0 Å². The van der Waals surface area contributed by atoms with E-state index in [1.54, 1.807) is 0 Å². The smallest absolute Gasteiger partial charge is 0.383 e. The summed E-state index contributed by atoms with van der Waals surface area (Å²) >= 11 is 0. The Kier molecular flexibility index (Phi) is 4.00. The first-order valence-electron chi connectivity index (χ1n) is 7.12. The molecule has 1 aromatic heterocycles. The summed E-state index contributed by atoms with van der Waals surface area (Å²) in [5.41, 5.74) is -1.26. The van der Waals surface area contributed by atoms with Crippen LogP contribution in [0.15, 0.2) is 35.4 Å². The van der Waals surface area contributed by atoms with Gasteiger partial charge in [0.2, 0.25) is 0 Å². The van der Waals surface area contributed by atoms with Crippen LogP contribution in [0.5, 0.6) is 0 Å². The standard InChI is InChI=1S/C15H11F5N2O3S/c16-14(17)6-9-7(8-2-1-5-22-13(8)21)3-4-10(11(9)12(14)23)26(24,25)15(18,19)20/h1-5,12,23H,6H2,(H2,21,22)/t12-/m0/s1. The van der Waals surface area contributed by atoms with Gasteiger partial charge in [0.05, 0.1) is 4.90 Å². The number of anilines is 1. The second kappa shape index (κ2) is 5.61. The Hall–Kier alpha value is -2.27. The van der Waals surface area contributed by atoms with Crippen LogP contribution in [-0.2, 0) is 16.3 Å². The molecule has 0 bridgehead atoms. The second-order valence-corrected chi connectivity index (χ2v) is 7.64. The molecule has 0 fully saturated rings. The van der Waals surface area contributed by atoms with Crippen molar-refractivity contribution in [2.75, 3.05) is 5.73 Å². The molecule has 1 atom stereocenters. The molecule has 0 radical (unpaired) electrons. The number of pyridine rings is 1. The highest BCUT2D eigenvalue weighted by atomic mass is 32.2. The van der Waals surface area contributed by atoms with Crippen LogP contribution >= 0.6 is 0 Å². The van der Waals surface area contributed by atoms with Gasteiger partial charge in [-0.25, -0.2) is 22.2 Å². The summed E-state index contributed by atoms with van der Waals surface area (Å²) in [5, 5.41) is 9.83. The number of hydrogen-bond donors (Lipinski definition) is 2. The normalized spacial score (nSPS) is 19.4. The maximum atomic E-state index is 14.0. The van der Waals surface area contributed by atoms with Crippen LogP contribution in [0.4, 0.5) is 27.8 Å². The van der Waals surface area contributed by atoms with E-state index in [0.29, 0.717) is 6.07 Å². The monoisotopic (exact) mass is 394 g/mol. The lowest BCUT2D eigenvalue weighted by molar-refractivity contribution is -0.0977. The molecule has 26 heavy (non-hydrogen) atoms. The summed E-state index contributed by atoms with van der Waals surface area (Å²) in [6.45, 7) is 0. The predicted octanol–water partition coefficient (Wildman–Crippen LogP) is 2.85. The molecule has 0 saturated heterocycles. The number of fused-ring (bicyclic) bond motifs is 1. The topological polar surface area (TPSA) is 93.3 Å². The Morgan fingerprint density at radius 3 is 2.42 bits per heavy atom. The fraction of sp³-hybridized carbons (Fsp3) is 0.267. The van der Waals surface area contributed by atoms with Crippen LogP contribution in [0.1, 0.15) is 17.2 Å². The summed E-state index contributed by atoms with van der Waals surface area (Å²) in [4.78, 5) is 2.38. The van der Waals surface area contributed by atoms with Crippen molar-refractivity contribution >= 4 is 15.7 Å². The highest BCUT2D eigenvalue weighted by Gasteiger charge is 2.54. The number of hydrogen-bond acceptors (Lipinski definition) is 5. The van der Waals surface area contributed by atoms with Crippen molar-refractivity contribution in [1.82, 2.24) is 4.98 Å². The molecule has 2 aromatic rings. The Balaban J connectivity index is 2.35. The van der Waals surface area contributed by atoms with Crippen LogP contribution in [0, 0.1) is 0 Å². The zero-order valence-electron chi connectivity index (χ0n) is 12.8. The van der Waals surface area contributed by atoms with E-state index in [2.05, 4.69) is 4.98 Å². The first-order valence-corrected chi connectivity index (χ1v) is 8.60. The van der Waals surface area contributed by atoms with E-state index in [1.807, 2.05) is 0 Å². The van der Waals surface area contributed by atoms with E-state index in [9.17, 15) is 35.5 Å². The highest BCUT2D eigenvalue weighted by Crippen LogP contribution is 2.50. The number of benzene rings is 1. The fourth-order valence-corrected chi connectivity index (χ4v) is 3.95. The maximum Gasteiger partial charge on any atom is 0.501 e. The number of aromatic nitrogens is 1. The van der Waals surface area contributed by atoms with Gasteiger partial charge in [-0.05, 0) is 29.3 Å². The zero-order chi connectivity index (χ0) is 19.5. The molecule has 3 rings (SSSR count). The lowest BCUT2D eigenvalue weighted by atomic mass is 9.97. The molecule has 0 unspecified atom stereocenters. The summed E-state index contributed by atoms with van der Waals surface area (Å²) < 4.78 is 90.3. The Morgan fingerprint density at radius 1 is 1.19 bits per heavy atom. The summed E-state index contributed by atoms with van der Waals surface area (Å²) in [7, 11) is -5.93. The molecular formula is C15H11F5N2O3S. The molecule has 3 N–H and O–H groups in total. The van der Waals surface area contributed by atoms with Crippen LogP contribution in [-0.4, -0.2) is 29.9 Å². The van der Waals surface area contributed by atoms with E-state index in [4.69, 9.17) is 5.73 Å². The van der Waals surface area contributed by atoms with Crippen LogP contribution in [0.3, 0.4) is 0 Å². The van der Waals surface area contributed by atoms with E-state index in [0.717, 1.165) is 6.07 Å². The van der Waals surface area contributed by atoms with Crippen molar-refractivity contribution in [2.45, 2.75) is 28.9 Å². The number of halogens is 5. The van der Waals surface area contributed by atoms with Crippen molar-refractivity contribution < 1.29 is 35.5 Å². The van der Waals surface area contributed by atoms with E-state index < -0.39 is 49.8 Å². The minimum Gasteiger partial charge on any atom is -0.383 e. The first kappa shape index (κ1) is 18.5. The average molecular weight is 394 g/mol. The zero-order valence-corrected chi connectivity index (χ0v) is 13.6. The van der Waals surface area contributed by atoms with Crippen LogP contribution in [0.2, 0.25) is 0 Å². The molecule has 0 saturated carbocycles. The summed E-state index contributed by atoms with van der Waals surface area (Å²) in [6.07, 6.45) is -2.50. The largest absolute Gasteiger partial charge is 0.501 e. The van der Waals surface area contributed by atoms with Crippen molar-refractivity contribution in [3.63, 3.8) is 0 Å². The third-order valence-corrected chi connectivity index (χ3v) is 5.67. The predicted molar refractivity (Wildman–Crippen MR) is 80.9 cm³/mol. The first-order chi connectivity index (χ1) is 11.9. The molecule has 1 heterocycles. The molecule has 5 nitrogen and oxygen atoms in total. The Bertz CT molecular complexity index is 989. The number of rotatable bonds is 2. The minimum atomic E-state index is -5.93. The van der Waals surface area contributed by atoms with Gasteiger partial charge in [0.25, 0.3) is 15.8 Å². The van der Waals surface area contributed by atoms with E-state index in [-0.39, 0.29) is 16.9 Å². The van der Waals surface area contributed by atoms with Gasteiger partial charge in [-0.2, -0.15) is 13.2 Å². The quantitative estimate of drug-likeness (QED) is 0.764. The maximum absolute atomic E-state index is 14.0. The number of aliphatic hydroxyl groups is 1. The van der Waals surface area contributed by atoms with Gasteiger partial charge in [0.15, 0.2) is 0 Å². The lowest BCUT2D eigenvalue weighted by Gasteiger charge is -2.18. The summed E-state index contributed by atoms with van der Waals surface area (Å²) in [5.74, 6) is -3.91. The van der Waals surface area contributed by atoms with Crippen molar-refractivity contribution in [2.24, 2.45) is 0 Å². The average Bonchev–Trinajstić information content (AvgIpc) is 2.76. The Labute approximate surface area is 144 Å². The number of nitrogen functional groups attached to an aromatic ring is 1. The van der Waals surface area contributed by atoms with Crippen molar-refractivity contribution in [3.05, 3.63) is 41.6 Å². The van der Waals surface area contributed by atoms with Crippen LogP contribution < -0.4 is 5.73 Å². The number of nitrogens with zero attached hydrogens (tertiary/aromatic N) is 1. The number of sulfone groups is 1. The number of alkyl halides is 5. The molecule has 0 amide bonds. The third-order valence-electron chi connectivity index (χ3n) is 4.13. The van der Waals surface area contributed by atoms with Crippen molar-refractivity contribution in [1.29, 1.82) is 0 Å². The van der Waals surface area contributed by atoms with Crippen molar-refractivity contribution in [3.8, 4) is 11.1 Å². The molecular weight excluding hydrogens is 383 g/mol. The molecule has 1 aliphatic rings. The van der Waals surface area contributed by atoms with Gasteiger partial charge >= 0.3 is 5.51 Å². The van der Waals surface area contributed by atoms with Gasteiger partial charge in [-0.1, -0.05) is 6.07 Å². The summed E-state index contributed by atoms with van der Waals surface area (Å²) in [6, 6.07) is 4.34. The lowest BCUT2D eigenvalue weighted by Crippen LogP contribution is -2.26. The fourth-order valence-electron chi connectivity index (χ4n) is 2.93.